The van der Waals surface area contributed by atoms with Crippen LogP contribution in [0.5, 0.6) is 0 Å². The van der Waals surface area contributed by atoms with E-state index in [4.69, 9.17) is 16.7 Å². The number of carboxylic acid groups (broad SMARTS) is 1. The summed E-state index contributed by atoms with van der Waals surface area (Å²) in [6.45, 7) is 3.84. The first kappa shape index (κ1) is 14.0. The number of rotatable bonds is 3. The molecule has 0 radical (unpaired) electrons. The Morgan fingerprint density at radius 2 is 2.16 bits per heavy atom. The van der Waals surface area contributed by atoms with Gasteiger partial charge in [0.05, 0.1) is 15.2 Å². The van der Waals surface area contributed by atoms with E-state index in [1.165, 1.54) is 4.68 Å². The predicted octanol–water partition coefficient (Wildman–Crippen LogP) is 3.50. The lowest BCUT2D eigenvalue weighted by atomic mass is 10.2. The van der Waals surface area contributed by atoms with Gasteiger partial charge in [-0.1, -0.05) is 31.5 Å². The molecule has 0 unspecified atom stereocenters. The molecular weight excluding hydrogens is 334 g/mol. The number of hydrogen-bond donors (Lipinski definition) is 1. The van der Waals surface area contributed by atoms with Crippen LogP contribution in [0.2, 0.25) is 5.02 Å². The number of hydrogen-bond acceptors (Lipinski definition) is 3. The monoisotopic (exact) mass is 343 g/mol. The van der Waals surface area contributed by atoms with Crippen LogP contribution in [-0.4, -0.2) is 25.8 Å². The zero-order chi connectivity index (χ0) is 14.2. The van der Waals surface area contributed by atoms with E-state index in [1.54, 1.807) is 18.2 Å². The van der Waals surface area contributed by atoms with E-state index in [1.807, 2.05) is 13.8 Å². The van der Waals surface area contributed by atoms with Gasteiger partial charge in [0.1, 0.15) is 5.82 Å². The second-order valence-corrected chi connectivity index (χ2v) is 5.44. The van der Waals surface area contributed by atoms with Crippen molar-refractivity contribution in [1.82, 2.24) is 14.8 Å². The standard InChI is InChI=1S/C12H11BrClN3O2/c1-6(2)11-15-10(12(18)19)16-17(11)8-5-3-4-7(14)9(8)13/h3-6H,1-2H3,(H,18,19). The topological polar surface area (TPSA) is 68.0 Å². The minimum Gasteiger partial charge on any atom is -0.475 e. The van der Waals surface area contributed by atoms with Crippen molar-refractivity contribution in [1.29, 1.82) is 0 Å². The molecule has 0 amide bonds. The SMILES string of the molecule is CC(C)c1nc(C(=O)O)nn1-c1cccc(Cl)c1Br. The van der Waals surface area contributed by atoms with Crippen LogP contribution in [0.1, 0.15) is 36.2 Å². The van der Waals surface area contributed by atoms with Crippen molar-refractivity contribution in [2.24, 2.45) is 0 Å². The summed E-state index contributed by atoms with van der Waals surface area (Å²) in [5.41, 5.74) is 0.663. The third kappa shape index (κ3) is 2.64. The van der Waals surface area contributed by atoms with Crippen LogP contribution in [0.25, 0.3) is 5.69 Å². The quantitative estimate of drug-likeness (QED) is 0.925. The van der Waals surface area contributed by atoms with Crippen molar-refractivity contribution in [3.05, 3.63) is 39.3 Å². The van der Waals surface area contributed by atoms with Gasteiger partial charge in [-0.05, 0) is 28.1 Å². The number of carboxylic acids is 1. The molecule has 5 nitrogen and oxygen atoms in total. The summed E-state index contributed by atoms with van der Waals surface area (Å²) in [4.78, 5) is 15.0. The van der Waals surface area contributed by atoms with Gasteiger partial charge < -0.3 is 5.11 Å². The average Bonchev–Trinajstić information content (AvgIpc) is 2.77. The van der Waals surface area contributed by atoms with E-state index in [0.29, 0.717) is 21.0 Å². The minimum atomic E-state index is -1.15. The predicted molar refractivity (Wildman–Crippen MR) is 75.1 cm³/mol. The van der Waals surface area contributed by atoms with Crippen LogP contribution in [0.15, 0.2) is 22.7 Å². The smallest absolute Gasteiger partial charge is 0.375 e. The van der Waals surface area contributed by atoms with Gasteiger partial charge in [-0.2, -0.15) is 0 Å². The van der Waals surface area contributed by atoms with Crippen LogP contribution in [0.4, 0.5) is 0 Å². The number of aromatic nitrogens is 3. The van der Waals surface area contributed by atoms with Gasteiger partial charge in [-0.15, -0.1) is 5.10 Å². The van der Waals surface area contributed by atoms with Gasteiger partial charge in [-0.3, -0.25) is 0 Å². The van der Waals surface area contributed by atoms with Crippen LogP contribution in [-0.2, 0) is 0 Å². The van der Waals surface area contributed by atoms with E-state index < -0.39 is 5.97 Å². The first-order valence-corrected chi connectivity index (χ1v) is 6.73. The lowest BCUT2D eigenvalue weighted by molar-refractivity contribution is 0.0683. The lowest BCUT2D eigenvalue weighted by Gasteiger charge is -2.10. The Morgan fingerprint density at radius 1 is 1.47 bits per heavy atom. The van der Waals surface area contributed by atoms with Crippen LogP contribution in [0.3, 0.4) is 0 Å². The molecule has 2 aromatic rings. The highest BCUT2D eigenvalue weighted by atomic mass is 79.9. The molecule has 1 aromatic carbocycles. The van der Waals surface area contributed by atoms with E-state index >= 15 is 0 Å². The molecule has 1 aromatic heterocycles. The Bertz CT molecular complexity index is 640. The Balaban J connectivity index is 2.67. The second kappa shape index (κ2) is 5.30. The van der Waals surface area contributed by atoms with Crippen molar-refractivity contribution in [2.75, 3.05) is 0 Å². The second-order valence-electron chi connectivity index (χ2n) is 4.24. The van der Waals surface area contributed by atoms with E-state index in [0.717, 1.165) is 0 Å². The summed E-state index contributed by atoms with van der Waals surface area (Å²) < 4.78 is 2.16. The van der Waals surface area contributed by atoms with Gasteiger partial charge in [0.15, 0.2) is 0 Å². The highest BCUT2D eigenvalue weighted by molar-refractivity contribution is 9.10. The molecule has 0 aliphatic carbocycles. The minimum absolute atomic E-state index is 0.0338. The summed E-state index contributed by atoms with van der Waals surface area (Å²) in [7, 11) is 0. The molecule has 0 bridgehead atoms. The summed E-state index contributed by atoms with van der Waals surface area (Å²) >= 11 is 9.42. The number of carbonyl (C=O) groups is 1. The van der Waals surface area contributed by atoms with E-state index in [2.05, 4.69) is 26.0 Å². The normalized spacial score (nSPS) is 11.0. The molecule has 0 fully saturated rings. The maximum atomic E-state index is 11.0. The molecule has 1 N–H and O–H groups in total. The number of halogens is 2. The Hall–Kier alpha value is -1.40. The fourth-order valence-electron chi connectivity index (χ4n) is 1.62. The molecular formula is C12H11BrClN3O2. The maximum absolute atomic E-state index is 11.0. The molecule has 0 saturated heterocycles. The van der Waals surface area contributed by atoms with Gasteiger partial charge >= 0.3 is 5.97 Å². The number of aromatic carboxylic acids is 1. The molecule has 1 heterocycles. The third-order valence-electron chi connectivity index (χ3n) is 2.50. The Morgan fingerprint density at radius 3 is 2.74 bits per heavy atom. The molecule has 7 heteroatoms. The van der Waals surface area contributed by atoms with Gasteiger partial charge in [0.2, 0.25) is 0 Å². The molecule has 0 aliphatic rings. The summed E-state index contributed by atoms with van der Waals surface area (Å²) in [6, 6.07) is 5.30. The zero-order valence-corrected chi connectivity index (χ0v) is 12.6. The average molecular weight is 345 g/mol. The van der Waals surface area contributed by atoms with E-state index in [9.17, 15) is 4.79 Å². The van der Waals surface area contributed by atoms with Crippen molar-refractivity contribution in [3.8, 4) is 5.69 Å². The van der Waals surface area contributed by atoms with Crippen molar-refractivity contribution in [2.45, 2.75) is 19.8 Å². The fraction of sp³-hybridized carbons (Fsp3) is 0.250. The molecule has 0 saturated carbocycles. The zero-order valence-electron chi connectivity index (χ0n) is 10.3. The van der Waals surface area contributed by atoms with Gasteiger partial charge in [0, 0.05) is 5.92 Å². The first-order chi connectivity index (χ1) is 8.91. The molecule has 2 rings (SSSR count). The van der Waals surface area contributed by atoms with E-state index in [-0.39, 0.29) is 11.7 Å². The molecule has 0 aliphatic heterocycles. The Kier molecular flexibility index (Phi) is 3.91. The third-order valence-corrected chi connectivity index (χ3v) is 3.88. The summed E-state index contributed by atoms with van der Waals surface area (Å²) in [5.74, 6) is -0.777. The van der Waals surface area contributed by atoms with Crippen molar-refractivity contribution in [3.63, 3.8) is 0 Å². The van der Waals surface area contributed by atoms with Crippen molar-refractivity contribution < 1.29 is 9.90 Å². The van der Waals surface area contributed by atoms with Crippen LogP contribution in [0, 0.1) is 0 Å². The molecule has 100 valence electrons. The highest BCUT2D eigenvalue weighted by Gasteiger charge is 2.20. The van der Waals surface area contributed by atoms with Crippen LogP contribution < -0.4 is 0 Å². The Labute approximate surface area is 123 Å². The van der Waals surface area contributed by atoms with Crippen LogP contribution >= 0.6 is 27.5 Å². The maximum Gasteiger partial charge on any atom is 0.375 e. The molecule has 0 spiro atoms. The lowest BCUT2D eigenvalue weighted by Crippen LogP contribution is -2.06. The number of benzene rings is 1. The molecule has 0 atom stereocenters. The number of nitrogens with zero attached hydrogens (tertiary/aromatic N) is 3. The van der Waals surface area contributed by atoms with Crippen molar-refractivity contribution >= 4 is 33.5 Å². The largest absolute Gasteiger partial charge is 0.475 e. The highest BCUT2D eigenvalue weighted by Crippen LogP contribution is 2.30. The first-order valence-electron chi connectivity index (χ1n) is 5.56. The summed E-state index contributed by atoms with van der Waals surface area (Å²) in [6.07, 6.45) is 0. The molecule has 19 heavy (non-hydrogen) atoms. The fourth-order valence-corrected chi connectivity index (χ4v) is 2.22. The van der Waals surface area contributed by atoms with Gasteiger partial charge in [0.25, 0.3) is 5.82 Å². The summed E-state index contributed by atoms with van der Waals surface area (Å²) in [5, 5.41) is 13.5. The van der Waals surface area contributed by atoms with Gasteiger partial charge in [-0.25, -0.2) is 14.5 Å².